The van der Waals surface area contributed by atoms with Gasteiger partial charge in [0.15, 0.2) is 17.2 Å². The molecule has 3 aromatic heterocycles. The number of rotatable bonds is 3. The summed E-state index contributed by atoms with van der Waals surface area (Å²) < 4.78 is 7.56. The molecule has 4 nitrogen and oxygen atoms in total. The lowest BCUT2D eigenvalue weighted by Crippen LogP contribution is -2.02. The zero-order chi connectivity index (χ0) is 14.9. The maximum Gasteiger partial charge on any atom is 0.178 e. The number of furan rings is 1. The number of nitrogens with zero attached hydrogens (tertiary/aromatic N) is 3. The largest absolute Gasteiger partial charge is 0.461 e. The molecule has 0 N–H and O–H groups in total. The average molecular weight is 310 g/mol. The van der Waals surface area contributed by atoms with Crippen LogP contribution in [0.1, 0.15) is 5.56 Å². The van der Waals surface area contributed by atoms with Gasteiger partial charge >= 0.3 is 0 Å². The fourth-order valence-corrected chi connectivity index (χ4v) is 2.73. The van der Waals surface area contributed by atoms with E-state index in [4.69, 9.17) is 16.0 Å². The van der Waals surface area contributed by atoms with Crippen LogP contribution in [0.15, 0.2) is 65.4 Å². The molecule has 0 aliphatic heterocycles. The van der Waals surface area contributed by atoms with Crippen molar-refractivity contribution in [2.24, 2.45) is 0 Å². The maximum absolute atomic E-state index is 6.08. The monoisotopic (exact) mass is 309 g/mol. The highest BCUT2D eigenvalue weighted by molar-refractivity contribution is 6.30. The van der Waals surface area contributed by atoms with Crippen molar-refractivity contribution in [2.75, 3.05) is 0 Å². The molecule has 0 amide bonds. The number of pyridine rings is 1. The first kappa shape index (κ1) is 13.1. The summed E-state index contributed by atoms with van der Waals surface area (Å²) in [6.07, 6.45) is 3.41. The van der Waals surface area contributed by atoms with Crippen LogP contribution in [0, 0.1) is 0 Å². The Labute approximate surface area is 132 Å². The van der Waals surface area contributed by atoms with E-state index in [1.807, 2.05) is 53.1 Å². The van der Waals surface area contributed by atoms with E-state index in [2.05, 4.69) is 9.97 Å². The molecular formula is C17H12ClN3O. The zero-order valence-electron chi connectivity index (χ0n) is 11.6. The Hall–Kier alpha value is -2.59. The minimum atomic E-state index is 0.629. The first-order chi connectivity index (χ1) is 10.8. The van der Waals surface area contributed by atoms with E-state index < -0.39 is 0 Å². The van der Waals surface area contributed by atoms with Gasteiger partial charge in [-0.25, -0.2) is 9.97 Å². The highest BCUT2D eigenvalue weighted by Gasteiger charge is 2.15. The number of hydrogen-bond donors (Lipinski definition) is 0. The van der Waals surface area contributed by atoms with Gasteiger partial charge in [0.1, 0.15) is 5.52 Å². The molecule has 3 heterocycles. The van der Waals surface area contributed by atoms with Gasteiger partial charge in [0, 0.05) is 11.2 Å². The molecule has 5 heteroatoms. The first-order valence-corrected chi connectivity index (χ1v) is 7.28. The average Bonchev–Trinajstić information content (AvgIpc) is 3.15. The predicted molar refractivity (Wildman–Crippen MR) is 85.8 cm³/mol. The summed E-state index contributed by atoms with van der Waals surface area (Å²) in [6, 6.07) is 15.4. The molecule has 0 radical (unpaired) electrons. The van der Waals surface area contributed by atoms with E-state index in [0.29, 0.717) is 6.54 Å². The Morgan fingerprint density at radius 1 is 1.09 bits per heavy atom. The molecule has 1 aromatic carbocycles. The minimum absolute atomic E-state index is 0.629. The van der Waals surface area contributed by atoms with Crippen molar-refractivity contribution in [1.29, 1.82) is 0 Å². The summed E-state index contributed by atoms with van der Waals surface area (Å²) in [6.45, 7) is 0.629. The van der Waals surface area contributed by atoms with Crippen molar-refractivity contribution in [1.82, 2.24) is 14.5 Å². The number of fused-ring (bicyclic) bond motifs is 1. The molecular weight excluding hydrogens is 298 g/mol. The highest BCUT2D eigenvalue weighted by Crippen LogP contribution is 2.25. The summed E-state index contributed by atoms with van der Waals surface area (Å²) in [5.74, 6) is 1.48. The molecule has 4 rings (SSSR count). The van der Waals surface area contributed by atoms with E-state index in [1.165, 1.54) is 0 Å². The van der Waals surface area contributed by atoms with Gasteiger partial charge in [-0.15, -0.1) is 0 Å². The normalized spacial score (nSPS) is 11.1. The molecule has 0 fully saturated rings. The third-order valence-corrected chi connectivity index (χ3v) is 3.71. The van der Waals surface area contributed by atoms with Gasteiger partial charge in [0.05, 0.1) is 12.8 Å². The van der Waals surface area contributed by atoms with Gasteiger partial charge in [0.25, 0.3) is 0 Å². The lowest BCUT2D eigenvalue weighted by Gasteiger charge is -2.07. The molecule has 0 bridgehead atoms. The minimum Gasteiger partial charge on any atom is -0.461 e. The fourth-order valence-electron chi connectivity index (χ4n) is 2.52. The maximum atomic E-state index is 6.08. The van der Waals surface area contributed by atoms with Crippen LogP contribution in [0.5, 0.6) is 0 Å². The van der Waals surface area contributed by atoms with Gasteiger partial charge in [-0.1, -0.05) is 23.7 Å². The quantitative estimate of drug-likeness (QED) is 0.563. The zero-order valence-corrected chi connectivity index (χ0v) is 12.4. The van der Waals surface area contributed by atoms with Crippen LogP contribution in [0.3, 0.4) is 0 Å². The summed E-state index contributed by atoms with van der Waals surface area (Å²) in [4.78, 5) is 9.10. The van der Waals surface area contributed by atoms with Gasteiger partial charge < -0.3 is 8.98 Å². The number of benzene rings is 1. The van der Waals surface area contributed by atoms with E-state index in [-0.39, 0.29) is 0 Å². The lowest BCUT2D eigenvalue weighted by atomic mass is 10.2. The molecule has 0 saturated heterocycles. The Bertz CT molecular complexity index is 928. The van der Waals surface area contributed by atoms with E-state index >= 15 is 0 Å². The molecule has 22 heavy (non-hydrogen) atoms. The molecule has 4 aromatic rings. The highest BCUT2D eigenvalue weighted by atomic mass is 35.5. The van der Waals surface area contributed by atoms with Gasteiger partial charge in [0.2, 0.25) is 0 Å². The van der Waals surface area contributed by atoms with Crippen molar-refractivity contribution >= 4 is 22.8 Å². The molecule has 0 spiro atoms. The van der Waals surface area contributed by atoms with Gasteiger partial charge in [-0.3, -0.25) is 0 Å². The van der Waals surface area contributed by atoms with Crippen LogP contribution in [-0.2, 0) is 6.54 Å². The standard InChI is InChI=1S/C17H12ClN3O/c18-13-5-1-4-12(10-13)11-21-16-14(6-2-8-19-16)20-17(21)15-7-3-9-22-15/h1-10H,11H2. The topological polar surface area (TPSA) is 43.9 Å². The third-order valence-electron chi connectivity index (χ3n) is 3.48. The molecule has 0 unspecified atom stereocenters. The van der Waals surface area contributed by atoms with E-state index in [9.17, 15) is 0 Å². The van der Waals surface area contributed by atoms with Crippen molar-refractivity contribution in [3.63, 3.8) is 0 Å². The molecule has 0 saturated carbocycles. The predicted octanol–water partition coefficient (Wildman–Crippen LogP) is 4.39. The Morgan fingerprint density at radius 2 is 2.05 bits per heavy atom. The number of aromatic nitrogens is 3. The van der Waals surface area contributed by atoms with Crippen molar-refractivity contribution < 1.29 is 4.42 Å². The Morgan fingerprint density at radius 3 is 2.86 bits per heavy atom. The first-order valence-electron chi connectivity index (χ1n) is 6.91. The van der Waals surface area contributed by atoms with Gasteiger partial charge in [-0.05, 0) is 42.0 Å². The number of hydrogen-bond acceptors (Lipinski definition) is 3. The molecule has 0 aliphatic rings. The van der Waals surface area contributed by atoms with Crippen LogP contribution in [0.2, 0.25) is 5.02 Å². The number of halogens is 1. The molecule has 108 valence electrons. The second kappa shape index (κ2) is 5.31. The SMILES string of the molecule is Clc1cccc(Cn2c(-c3ccco3)nc3cccnc32)c1. The smallest absolute Gasteiger partial charge is 0.178 e. The van der Waals surface area contributed by atoms with Crippen LogP contribution >= 0.6 is 11.6 Å². The molecule has 0 aliphatic carbocycles. The Balaban J connectivity index is 1.89. The van der Waals surface area contributed by atoms with E-state index in [0.717, 1.165) is 33.3 Å². The van der Waals surface area contributed by atoms with Crippen molar-refractivity contribution in [3.05, 3.63) is 71.6 Å². The van der Waals surface area contributed by atoms with Gasteiger partial charge in [-0.2, -0.15) is 0 Å². The summed E-state index contributed by atoms with van der Waals surface area (Å²) in [5, 5.41) is 0.717. The summed E-state index contributed by atoms with van der Waals surface area (Å²) in [5.41, 5.74) is 2.76. The van der Waals surface area contributed by atoms with Crippen LogP contribution in [-0.4, -0.2) is 14.5 Å². The number of imidazole rings is 1. The van der Waals surface area contributed by atoms with Crippen molar-refractivity contribution in [3.8, 4) is 11.6 Å². The molecule has 0 atom stereocenters. The van der Waals surface area contributed by atoms with Crippen LogP contribution in [0.25, 0.3) is 22.7 Å². The third kappa shape index (κ3) is 2.27. The van der Waals surface area contributed by atoms with Crippen LogP contribution in [0.4, 0.5) is 0 Å². The Kier molecular flexibility index (Phi) is 3.16. The lowest BCUT2D eigenvalue weighted by molar-refractivity contribution is 0.572. The second-order valence-corrected chi connectivity index (χ2v) is 5.41. The van der Waals surface area contributed by atoms with Crippen LogP contribution < -0.4 is 0 Å². The fraction of sp³-hybridized carbons (Fsp3) is 0.0588. The van der Waals surface area contributed by atoms with E-state index in [1.54, 1.807) is 12.5 Å². The summed E-state index contributed by atoms with van der Waals surface area (Å²) in [7, 11) is 0. The van der Waals surface area contributed by atoms with Crippen molar-refractivity contribution in [2.45, 2.75) is 6.54 Å². The summed E-state index contributed by atoms with van der Waals surface area (Å²) >= 11 is 6.08. The second-order valence-electron chi connectivity index (χ2n) is 4.97.